The first-order valence-corrected chi connectivity index (χ1v) is 14.5. The Kier molecular flexibility index (Phi) is 8.86. The Bertz CT molecular complexity index is 1070. The van der Waals surface area contributed by atoms with E-state index in [-0.39, 0.29) is 23.9 Å². The molecule has 0 spiro atoms. The van der Waals surface area contributed by atoms with E-state index < -0.39 is 0 Å². The fraction of sp³-hybridized carbons (Fsp3) is 0.607. The van der Waals surface area contributed by atoms with Gasteiger partial charge < -0.3 is 26.2 Å². The number of amides is 1. The van der Waals surface area contributed by atoms with Crippen LogP contribution in [0.3, 0.4) is 0 Å². The van der Waals surface area contributed by atoms with E-state index in [1.165, 1.54) is 31.6 Å². The standard InChI is InChI=1S/C28H41ClN8O/c1-19(2)32-27(38)23-4-3-5-25(23)34-26-24(29)18-31-28(35-26)33-20-6-8-21(9-7-20)36-14-10-22(11-15-36)37-16-12-30-13-17-37/h6-9,18-19,22-23,25,30H,3-5,10-17H2,1-2H3,(H,32,38)(H2,31,33,34,35)/t23-,25+/m0/s1. The van der Waals surface area contributed by atoms with Gasteiger partial charge in [0.25, 0.3) is 0 Å². The van der Waals surface area contributed by atoms with Crippen molar-refractivity contribution in [3.63, 3.8) is 0 Å². The Morgan fingerprint density at radius 3 is 2.50 bits per heavy atom. The maximum atomic E-state index is 12.6. The summed E-state index contributed by atoms with van der Waals surface area (Å²) in [6.45, 7) is 10.7. The predicted molar refractivity (Wildman–Crippen MR) is 154 cm³/mol. The minimum Gasteiger partial charge on any atom is -0.371 e. The summed E-state index contributed by atoms with van der Waals surface area (Å²) in [7, 11) is 0. The lowest BCUT2D eigenvalue weighted by Crippen LogP contribution is -2.52. The highest BCUT2D eigenvalue weighted by Gasteiger charge is 2.34. The van der Waals surface area contributed by atoms with Crippen LogP contribution in [0.2, 0.25) is 5.02 Å². The van der Waals surface area contributed by atoms with E-state index in [0.717, 1.165) is 51.1 Å². The summed E-state index contributed by atoms with van der Waals surface area (Å²) in [4.78, 5) is 26.8. The van der Waals surface area contributed by atoms with E-state index in [1.54, 1.807) is 6.20 Å². The van der Waals surface area contributed by atoms with Crippen LogP contribution >= 0.6 is 11.6 Å². The van der Waals surface area contributed by atoms with E-state index in [2.05, 4.69) is 65.3 Å². The van der Waals surface area contributed by atoms with Crippen molar-refractivity contribution < 1.29 is 4.79 Å². The molecule has 2 atom stereocenters. The van der Waals surface area contributed by atoms with Crippen molar-refractivity contribution in [3.05, 3.63) is 35.5 Å². The van der Waals surface area contributed by atoms with Crippen LogP contribution < -0.4 is 26.2 Å². The first kappa shape index (κ1) is 27.0. The van der Waals surface area contributed by atoms with Crippen molar-refractivity contribution >= 4 is 40.6 Å². The van der Waals surface area contributed by atoms with E-state index >= 15 is 0 Å². The Morgan fingerprint density at radius 2 is 1.79 bits per heavy atom. The Hall–Kier alpha value is -2.62. The molecule has 38 heavy (non-hydrogen) atoms. The highest BCUT2D eigenvalue weighted by Crippen LogP contribution is 2.31. The molecule has 1 saturated carbocycles. The number of benzene rings is 1. The summed E-state index contributed by atoms with van der Waals surface area (Å²) in [5.41, 5.74) is 2.17. The van der Waals surface area contributed by atoms with Crippen LogP contribution in [0.5, 0.6) is 0 Å². The minimum absolute atomic E-state index is 0.00371. The van der Waals surface area contributed by atoms with Gasteiger partial charge in [0, 0.05) is 68.8 Å². The molecule has 10 heteroatoms. The molecule has 3 heterocycles. The van der Waals surface area contributed by atoms with Gasteiger partial charge in [-0.15, -0.1) is 0 Å². The van der Waals surface area contributed by atoms with Crippen LogP contribution in [-0.4, -0.2) is 78.2 Å². The first-order valence-electron chi connectivity index (χ1n) is 14.1. The summed E-state index contributed by atoms with van der Waals surface area (Å²) < 4.78 is 0. The molecule has 2 aromatic rings. The molecule has 1 aromatic heterocycles. The van der Waals surface area contributed by atoms with Crippen LogP contribution in [0, 0.1) is 5.92 Å². The normalized spacial score (nSPS) is 23.0. The highest BCUT2D eigenvalue weighted by molar-refractivity contribution is 6.32. The first-order chi connectivity index (χ1) is 18.5. The molecule has 3 aliphatic rings. The van der Waals surface area contributed by atoms with Gasteiger partial charge in [0.1, 0.15) is 5.02 Å². The molecule has 0 bridgehead atoms. The SMILES string of the molecule is CC(C)NC(=O)[C@H]1CCC[C@H]1Nc1nc(Nc2ccc(N3CCC(N4CCNCC4)CC3)cc2)ncc1Cl. The molecule has 9 nitrogen and oxygen atoms in total. The molecule has 2 saturated heterocycles. The maximum Gasteiger partial charge on any atom is 0.229 e. The van der Waals surface area contributed by atoms with Gasteiger partial charge >= 0.3 is 0 Å². The van der Waals surface area contributed by atoms with Gasteiger partial charge in [-0.1, -0.05) is 18.0 Å². The van der Waals surface area contributed by atoms with Crippen molar-refractivity contribution in [2.24, 2.45) is 5.92 Å². The fourth-order valence-electron chi connectivity index (χ4n) is 5.96. The molecule has 1 aliphatic carbocycles. The highest BCUT2D eigenvalue weighted by atomic mass is 35.5. The van der Waals surface area contributed by atoms with Crippen molar-refractivity contribution in [1.29, 1.82) is 0 Å². The number of nitrogens with zero attached hydrogens (tertiary/aromatic N) is 4. The van der Waals surface area contributed by atoms with Gasteiger partial charge in [-0.2, -0.15) is 4.98 Å². The van der Waals surface area contributed by atoms with Gasteiger partial charge in [0.05, 0.1) is 12.1 Å². The van der Waals surface area contributed by atoms with Crippen LogP contribution in [0.25, 0.3) is 0 Å². The van der Waals surface area contributed by atoms with Crippen molar-refractivity contribution in [2.75, 3.05) is 54.8 Å². The summed E-state index contributed by atoms with van der Waals surface area (Å²) in [6.07, 6.45) is 6.82. The van der Waals surface area contributed by atoms with E-state index in [0.29, 0.717) is 22.8 Å². The molecule has 1 amide bonds. The minimum atomic E-state index is -0.0886. The average Bonchev–Trinajstić information content (AvgIpc) is 3.40. The smallest absolute Gasteiger partial charge is 0.229 e. The molecule has 206 valence electrons. The molecule has 0 radical (unpaired) electrons. The zero-order valence-electron chi connectivity index (χ0n) is 22.5. The second-order valence-electron chi connectivity index (χ2n) is 11.0. The van der Waals surface area contributed by atoms with Gasteiger partial charge in [-0.25, -0.2) is 4.98 Å². The lowest BCUT2D eigenvalue weighted by atomic mass is 10.0. The Morgan fingerprint density at radius 1 is 1.05 bits per heavy atom. The Labute approximate surface area is 231 Å². The number of nitrogens with one attached hydrogen (secondary N) is 4. The zero-order valence-corrected chi connectivity index (χ0v) is 23.3. The van der Waals surface area contributed by atoms with Gasteiger partial charge in [-0.3, -0.25) is 9.69 Å². The number of carbonyl (C=O) groups excluding carboxylic acids is 1. The number of halogens is 1. The monoisotopic (exact) mass is 540 g/mol. The van der Waals surface area contributed by atoms with Crippen molar-refractivity contribution in [2.45, 2.75) is 64.1 Å². The zero-order chi connectivity index (χ0) is 26.5. The van der Waals surface area contributed by atoms with E-state index in [1.807, 2.05) is 13.8 Å². The number of carbonyl (C=O) groups is 1. The molecule has 3 fully saturated rings. The van der Waals surface area contributed by atoms with Gasteiger partial charge in [0.2, 0.25) is 11.9 Å². The van der Waals surface area contributed by atoms with E-state index in [4.69, 9.17) is 11.6 Å². The lowest BCUT2D eigenvalue weighted by Gasteiger charge is -2.41. The number of aromatic nitrogens is 2. The number of rotatable bonds is 8. The number of anilines is 4. The third kappa shape index (κ3) is 6.68. The second kappa shape index (κ2) is 12.5. The second-order valence-corrected chi connectivity index (χ2v) is 11.4. The third-order valence-corrected chi connectivity index (χ3v) is 8.25. The van der Waals surface area contributed by atoms with Crippen molar-refractivity contribution in [1.82, 2.24) is 25.5 Å². The Balaban J connectivity index is 1.17. The summed E-state index contributed by atoms with van der Waals surface area (Å²) in [6, 6.07) is 9.32. The number of hydrogen-bond donors (Lipinski definition) is 4. The number of piperazine rings is 1. The van der Waals surface area contributed by atoms with Crippen LogP contribution in [0.15, 0.2) is 30.5 Å². The van der Waals surface area contributed by atoms with Crippen LogP contribution in [0.4, 0.5) is 23.1 Å². The molecule has 0 unspecified atom stereocenters. The number of piperidine rings is 1. The van der Waals surface area contributed by atoms with Gasteiger partial charge in [0.15, 0.2) is 5.82 Å². The van der Waals surface area contributed by atoms with Crippen LogP contribution in [0.1, 0.15) is 46.0 Å². The van der Waals surface area contributed by atoms with Crippen LogP contribution in [-0.2, 0) is 4.79 Å². The molecular weight excluding hydrogens is 500 g/mol. The largest absolute Gasteiger partial charge is 0.371 e. The lowest BCUT2D eigenvalue weighted by molar-refractivity contribution is -0.125. The molecule has 1 aromatic carbocycles. The van der Waals surface area contributed by atoms with E-state index in [9.17, 15) is 4.79 Å². The van der Waals surface area contributed by atoms with Gasteiger partial charge in [-0.05, 0) is 63.8 Å². The summed E-state index contributed by atoms with van der Waals surface area (Å²) in [5, 5.41) is 13.7. The quantitative estimate of drug-likeness (QED) is 0.401. The average molecular weight is 541 g/mol. The summed E-state index contributed by atoms with van der Waals surface area (Å²) in [5.74, 6) is 1.03. The molecule has 4 N–H and O–H groups in total. The van der Waals surface area contributed by atoms with Crippen molar-refractivity contribution in [3.8, 4) is 0 Å². The predicted octanol–water partition coefficient (Wildman–Crippen LogP) is 3.85. The summed E-state index contributed by atoms with van der Waals surface area (Å²) >= 11 is 6.43. The number of hydrogen-bond acceptors (Lipinski definition) is 8. The molecular formula is C28H41ClN8O. The third-order valence-electron chi connectivity index (χ3n) is 7.97. The molecule has 2 aliphatic heterocycles. The maximum absolute atomic E-state index is 12.6. The topological polar surface area (TPSA) is 97.4 Å². The fourth-order valence-corrected chi connectivity index (χ4v) is 6.11. The molecule has 5 rings (SSSR count).